The molecule has 2 nitrogen and oxygen atoms in total. The van der Waals surface area contributed by atoms with E-state index in [4.69, 9.17) is 5.11 Å². The second-order valence-corrected chi connectivity index (χ2v) is 3.91. The second-order valence-electron chi connectivity index (χ2n) is 3.29. The van der Waals surface area contributed by atoms with E-state index in [0.717, 1.165) is 17.5 Å². The van der Waals surface area contributed by atoms with E-state index in [9.17, 15) is 5.11 Å². The minimum atomic E-state index is 0.0636. The van der Waals surface area contributed by atoms with Gasteiger partial charge in [0.25, 0.3) is 0 Å². The number of aromatic hydroxyl groups is 1. The van der Waals surface area contributed by atoms with Gasteiger partial charge in [-0.1, -0.05) is 19.1 Å². The molecule has 14 heavy (non-hydrogen) atoms. The van der Waals surface area contributed by atoms with Crippen LogP contribution in [0.4, 0.5) is 0 Å². The molecular weight excluding hydrogens is 196 g/mol. The molecule has 0 aliphatic rings. The van der Waals surface area contributed by atoms with E-state index in [-0.39, 0.29) is 17.6 Å². The van der Waals surface area contributed by atoms with Crippen molar-refractivity contribution in [2.75, 3.05) is 6.61 Å². The van der Waals surface area contributed by atoms with Crippen LogP contribution < -0.4 is 0 Å². The normalized spacial score (nSPS) is 12.8. The maximum atomic E-state index is 9.59. The lowest BCUT2D eigenvalue weighted by atomic mass is 10.0. The quantitative estimate of drug-likeness (QED) is 0.670. The Balaban J connectivity index is 2.95. The van der Waals surface area contributed by atoms with Crippen LogP contribution in [-0.2, 0) is 6.42 Å². The molecule has 1 rings (SSSR count). The summed E-state index contributed by atoms with van der Waals surface area (Å²) in [7, 11) is 0. The predicted molar refractivity (Wildman–Crippen MR) is 60.9 cm³/mol. The molecule has 0 bridgehead atoms. The zero-order valence-corrected chi connectivity index (χ0v) is 9.17. The average molecular weight is 212 g/mol. The van der Waals surface area contributed by atoms with E-state index >= 15 is 0 Å². The molecule has 1 unspecified atom stereocenters. The van der Waals surface area contributed by atoms with Crippen LogP contribution in [0.5, 0.6) is 5.75 Å². The molecule has 0 heterocycles. The van der Waals surface area contributed by atoms with Gasteiger partial charge in [-0.3, -0.25) is 0 Å². The van der Waals surface area contributed by atoms with Crippen molar-refractivity contribution in [2.24, 2.45) is 0 Å². The predicted octanol–water partition coefficient (Wildman–Crippen LogP) is 2.31. The summed E-state index contributed by atoms with van der Waals surface area (Å²) in [6.07, 6.45) is 1.50. The van der Waals surface area contributed by atoms with Crippen LogP contribution in [0, 0.1) is 0 Å². The van der Waals surface area contributed by atoms with Gasteiger partial charge in [0, 0.05) is 17.4 Å². The highest BCUT2D eigenvalue weighted by molar-refractivity contribution is 7.80. The van der Waals surface area contributed by atoms with Gasteiger partial charge in [-0.05, 0) is 24.5 Å². The number of hydrogen-bond donors (Lipinski definition) is 3. The van der Waals surface area contributed by atoms with Crippen molar-refractivity contribution in [3.05, 3.63) is 29.3 Å². The summed E-state index contributed by atoms with van der Waals surface area (Å²) in [4.78, 5) is 0. The molecule has 0 saturated heterocycles. The lowest BCUT2D eigenvalue weighted by molar-refractivity contribution is 0.299. The first kappa shape index (κ1) is 11.4. The smallest absolute Gasteiger partial charge is 0.119 e. The van der Waals surface area contributed by atoms with Gasteiger partial charge in [0.05, 0.1) is 0 Å². The maximum Gasteiger partial charge on any atom is 0.119 e. The second kappa shape index (κ2) is 5.27. The number of aliphatic hydroxyl groups excluding tert-OH is 1. The first-order chi connectivity index (χ1) is 6.69. The summed E-state index contributed by atoms with van der Waals surface area (Å²) < 4.78 is 0. The van der Waals surface area contributed by atoms with Crippen LogP contribution in [0.1, 0.15) is 29.7 Å². The van der Waals surface area contributed by atoms with E-state index in [0.29, 0.717) is 6.42 Å². The van der Waals surface area contributed by atoms with Crippen LogP contribution in [0.25, 0.3) is 0 Å². The van der Waals surface area contributed by atoms with Crippen molar-refractivity contribution in [1.82, 2.24) is 0 Å². The highest BCUT2D eigenvalue weighted by Crippen LogP contribution is 2.31. The fourth-order valence-electron chi connectivity index (χ4n) is 1.38. The summed E-state index contributed by atoms with van der Waals surface area (Å²) in [5.74, 6) is 0.286. The Morgan fingerprint density at radius 1 is 1.43 bits per heavy atom. The summed E-state index contributed by atoms with van der Waals surface area (Å²) >= 11 is 4.38. The van der Waals surface area contributed by atoms with Gasteiger partial charge in [0.2, 0.25) is 0 Å². The highest BCUT2D eigenvalue weighted by atomic mass is 32.1. The lowest BCUT2D eigenvalue weighted by Gasteiger charge is -2.11. The Kier molecular flexibility index (Phi) is 4.29. The van der Waals surface area contributed by atoms with Gasteiger partial charge in [-0.25, -0.2) is 0 Å². The number of thiol groups is 1. The largest absolute Gasteiger partial charge is 0.508 e. The molecule has 0 saturated carbocycles. The van der Waals surface area contributed by atoms with Gasteiger partial charge >= 0.3 is 0 Å². The number of rotatable bonds is 4. The minimum absolute atomic E-state index is 0.0636. The first-order valence-electron chi connectivity index (χ1n) is 4.79. The monoisotopic (exact) mass is 212 g/mol. The first-order valence-corrected chi connectivity index (χ1v) is 5.31. The molecule has 0 spiro atoms. The molecule has 0 fully saturated rings. The minimum Gasteiger partial charge on any atom is -0.508 e. The van der Waals surface area contributed by atoms with Crippen LogP contribution in [-0.4, -0.2) is 16.8 Å². The molecule has 78 valence electrons. The lowest BCUT2D eigenvalue weighted by Crippen LogP contribution is -1.95. The standard InChI is InChI=1S/C11H16O2S/c1-2-11(14)9-7-8(5-6-12)3-4-10(9)13/h3-4,7,11-14H,2,5-6H2,1H3. The Bertz CT molecular complexity index is 299. The van der Waals surface area contributed by atoms with Gasteiger partial charge in [-0.2, -0.15) is 12.6 Å². The molecule has 1 aromatic carbocycles. The van der Waals surface area contributed by atoms with Crippen LogP contribution in [0.15, 0.2) is 18.2 Å². The van der Waals surface area contributed by atoms with E-state index in [1.54, 1.807) is 6.07 Å². The molecule has 1 atom stereocenters. The molecule has 0 amide bonds. The molecule has 0 radical (unpaired) electrons. The molecule has 0 aliphatic carbocycles. The number of aliphatic hydroxyl groups is 1. The molecule has 2 N–H and O–H groups in total. The Morgan fingerprint density at radius 3 is 2.71 bits per heavy atom. The van der Waals surface area contributed by atoms with Crippen LogP contribution in [0.3, 0.4) is 0 Å². The zero-order valence-electron chi connectivity index (χ0n) is 8.27. The van der Waals surface area contributed by atoms with Crippen molar-refractivity contribution in [1.29, 1.82) is 0 Å². The molecular formula is C11H16O2S. The summed E-state index contributed by atoms with van der Waals surface area (Å²) in [5.41, 5.74) is 1.88. The van der Waals surface area contributed by atoms with E-state index in [1.807, 2.05) is 19.1 Å². The van der Waals surface area contributed by atoms with E-state index in [1.165, 1.54) is 0 Å². The third-order valence-electron chi connectivity index (χ3n) is 2.24. The number of benzene rings is 1. The van der Waals surface area contributed by atoms with Crippen molar-refractivity contribution >= 4 is 12.6 Å². The number of hydrogen-bond acceptors (Lipinski definition) is 3. The Morgan fingerprint density at radius 2 is 2.14 bits per heavy atom. The third kappa shape index (κ3) is 2.66. The fourth-order valence-corrected chi connectivity index (χ4v) is 1.58. The molecule has 0 aliphatic heterocycles. The van der Waals surface area contributed by atoms with Crippen molar-refractivity contribution in [2.45, 2.75) is 25.0 Å². The SMILES string of the molecule is CCC(S)c1cc(CCO)ccc1O. The third-order valence-corrected chi connectivity index (χ3v) is 2.88. The molecule has 3 heteroatoms. The average Bonchev–Trinajstić information content (AvgIpc) is 2.20. The summed E-state index contributed by atoms with van der Waals surface area (Å²) in [5, 5.41) is 18.5. The van der Waals surface area contributed by atoms with Crippen molar-refractivity contribution < 1.29 is 10.2 Å². The number of phenolic OH excluding ortho intramolecular Hbond substituents is 1. The highest BCUT2D eigenvalue weighted by Gasteiger charge is 2.09. The summed E-state index contributed by atoms with van der Waals surface area (Å²) in [6, 6.07) is 5.40. The van der Waals surface area contributed by atoms with Crippen molar-refractivity contribution in [3.63, 3.8) is 0 Å². The van der Waals surface area contributed by atoms with E-state index in [2.05, 4.69) is 12.6 Å². The van der Waals surface area contributed by atoms with Crippen LogP contribution in [0.2, 0.25) is 0 Å². The maximum absolute atomic E-state index is 9.59. The van der Waals surface area contributed by atoms with Gasteiger partial charge < -0.3 is 10.2 Å². The zero-order chi connectivity index (χ0) is 10.6. The molecule has 0 aromatic heterocycles. The molecule has 1 aromatic rings. The van der Waals surface area contributed by atoms with E-state index < -0.39 is 0 Å². The van der Waals surface area contributed by atoms with Gasteiger partial charge in [0.15, 0.2) is 0 Å². The summed E-state index contributed by atoms with van der Waals surface area (Å²) in [6.45, 7) is 2.16. The van der Waals surface area contributed by atoms with Gasteiger partial charge in [0.1, 0.15) is 5.75 Å². The topological polar surface area (TPSA) is 40.5 Å². The number of phenols is 1. The van der Waals surface area contributed by atoms with Gasteiger partial charge in [-0.15, -0.1) is 0 Å². The Labute approximate surface area is 90.0 Å². The fraction of sp³-hybridized carbons (Fsp3) is 0.455. The van der Waals surface area contributed by atoms with Crippen molar-refractivity contribution in [3.8, 4) is 5.75 Å². The Hall–Kier alpha value is -0.670. The van der Waals surface area contributed by atoms with Crippen LogP contribution >= 0.6 is 12.6 Å².